The molecule has 0 saturated carbocycles. The summed E-state index contributed by atoms with van der Waals surface area (Å²) in [6, 6.07) is 11.2. The first-order valence-corrected chi connectivity index (χ1v) is 9.01. The van der Waals surface area contributed by atoms with Crippen molar-refractivity contribution < 1.29 is 27.6 Å². The van der Waals surface area contributed by atoms with E-state index in [0.29, 0.717) is 28.5 Å². The lowest BCUT2D eigenvalue weighted by Crippen LogP contribution is -2.11. The number of hydrogen-bond acceptors (Lipinski definition) is 8. The second-order valence-electron chi connectivity index (χ2n) is 6.41. The summed E-state index contributed by atoms with van der Waals surface area (Å²) >= 11 is 0. The van der Waals surface area contributed by atoms with Crippen molar-refractivity contribution in [2.24, 2.45) is 0 Å². The SMILES string of the molecule is Cc1cc(-c2nnc(COC(=O)c3ccc(NC(=O)c4ccco4)cc3)o2)c(C)o1. The number of carbonyl (C=O) groups excluding carboxylic acids is 2. The minimum atomic E-state index is -0.561. The van der Waals surface area contributed by atoms with Crippen molar-refractivity contribution >= 4 is 17.6 Å². The Morgan fingerprint density at radius 2 is 1.87 bits per heavy atom. The van der Waals surface area contributed by atoms with Crippen molar-refractivity contribution in [1.82, 2.24) is 10.2 Å². The number of nitrogens with one attached hydrogen (secondary N) is 1. The molecular weight excluding hydrogens is 390 g/mol. The number of furan rings is 2. The van der Waals surface area contributed by atoms with Gasteiger partial charge >= 0.3 is 5.97 Å². The van der Waals surface area contributed by atoms with Crippen molar-refractivity contribution in [2.45, 2.75) is 20.5 Å². The van der Waals surface area contributed by atoms with Crippen molar-refractivity contribution in [3.63, 3.8) is 0 Å². The van der Waals surface area contributed by atoms with E-state index in [4.69, 9.17) is 18.0 Å². The molecule has 0 bridgehead atoms. The third-order valence-electron chi connectivity index (χ3n) is 4.19. The van der Waals surface area contributed by atoms with Crippen LogP contribution >= 0.6 is 0 Å². The Hall–Kier alpha value is -4.14. The monoisotopic (exact) mass is 407 g/mol. The number of amides is 1. The summed E-state index contributed by atoms with van der Waals surface area (Å²) < 4.78 is 21.2. The molecule has 0 radical (unpaired) electrons. The van der Waals surface area contributed by atoms with Crippen LogP contribution in [0.2, 0.25) is 0 Å². The van der Waals surface area contributed by atoms with Crippen LogP contribution in [0.25, 0.3) is 11.5 Å². The van der Waals surface area contributed by atoms with Crippen LogP contribution in [0, 0.1) is 13.8 Å². The molecule has 4 aromatic rings. The first-order chi connectivity index (χ1) is 14.5. The Kier molecular flexibility index (Phi) is 5.17. The van der Waals surface area contributed by atoms with Gasteiger partial charge < -0.3 is 23.3 Å². The zero-order valence-corrected chi connectivity index (χ0v) is 16.2. The lowest BCUT2D eigenvalue weighted by atomic mass is 10.2. The smallest absolute Gasteiger partial charge is 0.338 e. The molecule has 1 N–H and O–H groups in total. The second kappa shape index (κ2) is 8.08. The summed E-state index contributed by atoms with van der Waals surface area (Å²) in [5.74, 6) is 1.11. The molecule has 3 aromatic heterocycles. The number of aryl methyl sites for hydroxylation is 2. The minimum Gasteiger partial charge on any atom is -0.466 e. The van der Waals surface area contributed by atoms with Gasteiger partial charge in [0.25, 0.3) is 17.7 Å². The molecule has 9 heteroatoms. The molecule has 0 aliphatic rings. The van der Waals surface area contributed by atoms with Crippen LogP contribution in [0.4, 0.5) is 5.69 Å². The molecule has 1 amide bonds. The third-order valence-corrected chi connectivity index (χ3v) is 4.19. The average Bonchev–Trinajstić information content (AvgIpc) is 3.48. The largest absolute Gasteiger partial charge is 0.466 e. The molecule has 0 saturated heterocycles. The van der Waals surface area contributed by atoms with Crippen molar-refractivity contribution in [1.29, 1.82) is 0 Å². The van der Waals surface area contributed by atoms with Gasteiger partial charge in [-0.05, 0) is 56.3 Å². The molecule has 0 fully saturated rings. The van der Waals surface area contributed by atoms with Gasteiger partial charge in [0, 0.05) is 5.69 Å². The Morgan fingerprint density at radius 1 is 1.07 bits per heavy atom. The third kappa shape index (κ3) is 4.14. The van der Waals surface area contributed by atoms with E-state index in [1.807, 2.05) is 6.92 Å². The predicted octanol–water partition coefficient (Wildman–Crippen LogP) is 4.15. The van der Waals surface area contributed by atoms with E-state index in [1.54, 1.807) is 37.3 Å². The maximum atomic E-state index is 12.2. The highest BCUT2D eigenvalue weighted by molar-refractivity contribution is 6.02. The average molecular weight is 407 g/mol. The highest BCUT2D eigenvalue weighted by Crippen LogP contribution is 2.25. The van der Waals surface area contributed by atoms with Gasteiger partial charge in [-0.2, -0.15) is 0 Å². The van der Waals surface area contributed by atoms with Gasteiger partial charge in [-0.25, -0.2) is 4.79 Å². The topological polar surface area (TPSA) is 121 Å². The molecule has 3 heterocycles. The van der Waals surface area contributed by atoms with Gasteiger partial charge in [0.2, 0.25) is 0 Å². The fraction of sp³-hybridized carbons (Fsp3) is 0.143. The minimum absolute atomic E-state index is 0.166. The molecule has 0 aliphatic carbocycles. The van der Waals surface area contributed by atoms with Gasteiger partial charge in [0.15, 0.2) is 12.4 Å². The second-order valence-corrected chi connectivity index (χ2v) is 6.41. The molecule has 0 spiro atoms. The summed E-state index contributed by atoms with van der Waals surface area (Å²) in [6.45, 7) is 3.45. The molecule has 0 atom stereocenters. The first-order valence-electron chi connectivity index (χ1n) is 9.01. The molecule has 1 aromatic carbocycles. The molecular formula is C21H17N3O6. The lowest BCUT2D eigenvalue weighted by Gasteiger charge is -2.05. The van der Waals surface area contributed by atoms with Crippen molar-refractivity contribution in [2.75, 3.05) is 5.32 Å². The maximum absolute atomic E-state index is 12.2. The van der Waals surface area contributed by atoms with Crippen LogP contribution in [0.1, 0.15) is 38.3 Å². The Balaban J connectivity index is 1.34. The Labute approximate surface area is 170 Å². The van der Waals surface area contributed by atoms with E-state index in [9.17, 15) is 9.59 Å². The van der Waals surface area contributed by atoms with Gasteiger partial charge in [-0.3, -0.25) is 4.79 Å². The van der Waals surface area contributed by atoms with E-state index < -0.39 is 5.97 Å². The molecule has 152 valence electrons. The zero-order chi connectivity index (χ0) is 21.1. The summed E-state index contributed by atoms with van der Waals surface area (Å²) in [4.78, 5) is 24.2. The molecule has 4 rings (SSSR count). The quantitative estimate of drug-likeness (QED) is 0.473. The van der Waals surface area contributed by atoms with Crippen LogP contribution in [0.5, 0.6) is 0 Å². The zero-order valence-electron chi connectivity index (χ0n) is 16.2. The van der Waals surface area contributed by atoms with E-state index in [0.717, 1.165) is 5.76 Å². The summed E-state index contributed by atoms with van der Waals surface area (Å²) in [6.07, 6.45) is 1.41. The molecule has 30 heavy (non-hydrogen) atoms. The number of carbonyl (C=O) groups is 2. The molecule has 0 aliphatic heterocycles. The summed E-state index contributed by atoms with van der Waals surface area (Å²) in [5, 5.41) is 10.5. The van der Waals surface area contributed by atoms with Crippen molar-refractivity contribution in [3.05, 3.63) is 77.5 Å². The molecule has 9 nitrogen and oxygen atoms in total. The van der Waals surface area contributed by atoms with Gasteiger partial charge in [-0.1, -0.05) is 0 Å². The Bertz CT molecular complexity index is 1170. The standard InChI is InChI=1S/C21H17N3O6/c1-12-10-16(13(2)29-12)20-24-23-18(30-20)11-28-21(26)14-5-7-15(8-6-14)22-19(25)17-4-3-9-27-17/h3-10H,11H2,1-2H3,(H,22,25). The van der Waals surface area contributed by atoms with Gasteiger partial charge in [0.1, 0.15) is 11.5 Å². The van der Waals surface area contributed by atoms with Crippen LogP contribution < -0.4 is 5.32 Å². The number of esters is 1. The summed E-state index contributed by atoms with van der Waals surface area (Å²) in [5.41, 5.74) is 1.53. The van der Waals surface area contributed by atoms with Gasteiger partial charge in [0.05, 0.1) is 17.4 Å². The lowest BCUT2D eigenvalue weighted by molar-refractivity contribution is 0.0438. The normalized spacial score (nSPS) is 10.7. The first kappa shape index (κ1) is 19.2. The van der Waals surface area contributed by atoms with E-state index in [-0.39, 0.29) is 24.2 Å². The van der Waals surface area contributed by atoms with Crippen LogP contribution in [0.3, 0.4) is 0 Å². The number of benzene rings is 1. The predicted molar refractivity (Wildman–Crippen MR) is 104 cm³/mol. The van der Waals surface area contributed by atoms with Crippen LogP contribution in [-0.4, -0.2) is 22.1 Å². The van der Waals surface area contributed by atoms with E-state index >= 15 is 0 Å². The Morgan fingerprint density at radius 3 is 2.53 bits per heavy atom. The number of rotatable bonds is 6. The maximum Gasteiger partial charge on any atom is 0.338 e. The fourth-order valence-corrected chi connectivity index (χ4v) is 2.76. The number of nitrogens with zero attached hydrogens (tertiary/aromatic N) is 2. The molecule has 0 unspecified atom stereocenters. The van der Waals surface area contributed by atoms with Crippen molar-refractivity contribution in [3.8, 4) is 11.5 Å². The van der Waals surface area contributed by atoms with Gasteiger partial charge in [-0.15, -0.1) is 10.2 Å². The van der Waals surface area contributed by atoms with E-state index in [2.05, 4.69) is 15.5 Å². The van der Waals surface area contributed by atoms with E-state index in [1.165, 1.54) is 18.4 Å². The number of anilines is 1. The van der Waals surface area contributed by atoms with Crippen LogP contribution in [0.15, 0.2) is 62.0 Å². The number of ether oxygens (including phenoxy) is 1. The number of hydrogen-bond donors (Lipinski definition) is 1. The highest BCUT2D eigenvalue weighted by Gasteiger charge is 2.16. The summed E-state index contributed by atoms with van der Waals surface area (Å²) in [7, 11) is 0. The van der Waals surface area contributed by atoms with Crippen LogP contribution in [-0.2, 0) is 11.3 Å². The number of aromatic nitrogens is 2. The fourth-order valence-electron chi connectivity index (χ4n) is 2.76. The highest BCUT2D eigenvalue weighted by atomic mass is 16.5.